The number of nitrogens with two attached hydrogens (primary N) is 1. The highest BCUT2D eigenvalue weighted by Gasteiger charge is 2.19. The molecule has 0 aliphatic carbocycles. The molecule has 0 atom stereocenters. The predicted molar refractivity (Wildman–Crippen MR) is 76.0 cm³/mol. The molecule has 7 heteroatoms. The summed E-state index contributed by atoms with van der Waals surface area (Å²) in [6.07, 6.45) is 0. The molecule has 0 rings (SSSR count). The first kappa shape index (κ1) is 18.1. The summed E-state index contributed by atoms with van der Waals surface area (Å²) in [4.78, 5) is 23.4. The van der Waals surface area contributed by atoms with Crippen molar-refractivity contribution in [3.8, 4) is 0 Å². The van der Waals surface area contributed by atoms with Crippen LogP contribution in [-0.4, -0.2) is 47.3 Å². The molecule has 0 aliphatic heterocycles. The monoisotopic (exact) mass is 292 g/mol. The minimum Gasteiger partial charge on any atom is -0.272 e. The Labute approximate surface area is 120 Å². The van der Waals surface area contributed by atoms with Gasteiger partial charge in [0.15, 0.2) is 0 Å². The van der Waals surface area contributed by atoms with Crippen LogP contribution in [0.1, 0.15) is 27.7 Å². The molecule has 0 heterocycles. The first-order chi connectivity index (χ1) is 8.76. The number of hydrazine groups is 2. The van der Waals surface area contributed by atoms with Crippen LogP contribution in [0.25, 0.3) is 0 Å². The number of rotatable bonds is 7. The van der Waals surface area contributed by atoms with Gasteiger partial charge in [0.2, 0.25) is 0 Å². The topological polar surface area (TPSA) is 78.7 Å². The predicted octanol–water partition coefficient (Wildman–Crippen LogP) is 0.573. The summed E-state index contributed by atoms with van der Waals surface area (Å²) in [7, 11) is 0. The summed E-state index contributed by atoms with van der Waals surface area (Å²) < 4.78 is 0. The van der Waals surface area contributed by atoms with Gasteiger partial charge in [-0.25, -0.2) is 5.01 Å². The van der Waals surface area contributed by atoms with Gasteiger partial charge in [-0.1, -0.05) is 27.7 Å². The van der Waals surface area contributed by atoms with Gasteiger partial charge in [0, 0.05) is 13.1 Å². The minimum atomic E-state index is -0.400. The highest BCUT2D eigenvalue weighted by atomic mass is 35.5. The zero-order valence-electron chi connectivity index (χ0n) is 12.1. The zero-order chi connectivity index (χ0) is 15.0. The van der Waals surface area contributed by atoms with Gasteiger partial charge in [0.05, 0.1) is 6.54 Å². The van der Waals surface area contributed by atoms with Gasteiger partial charge in [-0.15, -0.1) is 11.6 Å². The molecule has 0 unspecified atom stereocenters. The highest BCUT2D eigenvalue weighted by molar-refractivity contribution is 6.27. The number of carbonyl (C=O) groups is 2. The summed E-state index contributed by atoms with van der Waals surface area (Å²) in [5, 5.41) is 2.74. The molecular formula is C12H25ClN4O2. The van der Waals surface area contributed by atoms with E-state index in [-0.39, 0.29) is 24.2 Å². The number of nitrogens with zero attached hydrogens (tertiary/aromatic N) is 2. The van der Waals surface area contributed by atoms with Gasteiger partial charge in [0.25, 0.3) is 11.8 Å². The summed E-state index contributed by atoms with van der Waals surface area (Å²) in [5.41, 5.74) is 2.49. The van der Waals surface area contributed by atoms with Gasteiger partial charge >= 0.3 is 0 Å². The van der Waals surface area contributed by atoms with Crippen molar-refractivity contribution in [1.82, 2.24) is 15.4 Å². The van der Waals surface area contributed by atoms with Crippen LogP contribution in [0.15, 0.2) is 0 Å². The van der Waals surface area contributed by atoms with E-state index < -0.39 is 5.91 Å². The van der Waals surface area contributed by atoms with Crippen LogP contribution < -0.4 is 11.3 Å². The minimum absolute atomic E-state index is 0.0630. The van der Waals surface area contributed by atoms with Crippen molar-refractivity contribution >= 4 is 23.4 Å². The summed E-state index contributed by atoms with van der Waals surface area (Å²) in [5.74, 6) is 5.54. The highest BCUT2D eigenvalue weighted by Crippen LogP contribution is 1.99. The molecule has 6 nitrogen and oxygen atoms in total. The Balaban J connectivity index is 4.48. The van der Waals surface area contributed by atoms with Gasteiger partial charge in [-0.2, -0.15) is 0 Å². The largest absolute Gasteiger partial charge is 0.272 e. The summed E-state index contributed by atoms with van der Waals surface area (Å²) >= 11 is 5.43. The zero-order valence-corrected chi connectivity index (χ0v) is 12.9. The third-order valence-electron chi connectivity index (χ3n) is 2.17. The van der Waals surface area contributed by atoms with Crippen molar-refractivity contribution in [2.24, 2.45) is 17.7 Å². The maximum atomic E-state index is 12.1. The molecule has 0 aliphatic rings. The molecular weight excluding hydrogens is 268 g/mol. The Morgan fingerprint density at radius 1 is 1.16 bits per heavy atom. The molecule has 3 N–H and O–H groups in total. The van der Waals surface area contributed by atoms with Crippen molar-refractivity contribution < 1.29 is 9.59 Å². The van der Waals surface area contributed by atoms with Crippen LogP contribution in [0.2, 0.25) is 0 Å². The maximum absolute atomic E-state index is 12.1. The van der Waals surface area contributed by atoms with Crippen LogP contribution in [-0.2, 0) is 9.59 Å². The third kappa shape index (κ3) is 8.80. The number of nitrogens with one attached hydrogen (secondary N) is 1. The molecule has 0 saturated heterocycles. The molecule has 0 aromatic heterocycles. The van der Waals surface area contributed by atoms with E-state index >= 15 is 0 Å². The second-order valence-corrected chi connectivity index (χ2v) is 5.66. The lowest BCUT2D eigenvalue weighted by molar-refractivity contribution is -0.142. The van der Waals surface area contributed by atoms with Crippen LogP contribution in [0.4, 0.5) is 0 Å². The Bertz CT molecular complexity index is 297. The SMILES string of the molecule is CC(C)CN(N)CC(=O)N(CC(C)C)NC(=O)CCl. The molecule has 0 fully saturated rings. The fraction of sp³-hybridized carbons (Fsp3) is 0.833. The Hall–Kier alpha value is -0.850. The number of alkyl halides is 1. The average Bonchev–Trinajstić information content (AvgIpc) is 2.25. The third-order valence-corrected chi connectivity index (χ3v) is 2.41. The Kier molecular flexibility index (Phi) is 8.71. The maximum Gasteiger partial charge on any atom is 0.256 e. The van der Waals surface area contributed by atoms with E-state index in [4.69, 9.17) is 17.4 Å². The van der Waals surface area contributed by atoms with E-state index in [0.717, 1.165) is 0 Å². The van der Waals surface area contributed by atoms with E-state index in [0.29, 0.717) is 19.0 Å². The summed E-state index contributed by atoms with van der Waals surface area (Å²) in [6, 6.07) is 0. The van der Waals surface area contributed by atoms with Gasteiger partial charge in [0.1, 0.15) is 5.88 Å². The van der Waals surface area contributed by atoms with Crippen molar-refractivity contribution in [3.05, 3.63) is 0 Å². The Morgan fingerprint density at radius 2 is 1.68 bits per heavy atom. The number of amides is 2. The fourth-order valence-corrected chi connectivity index (χ4v) is 1.61. The number of hydrogen-bond donors (Lipinski definition) is 2. The number of halogens is 1. The first-order valence-corrected chi connectivity index (χ1v) is 6.95. The number of hydrogen-bond acceptors (Lipinski definition) is 4. The second-order valence-electron chi connectivity index (χ2n) is 5.39. The molecule has 0 bridgehead atoms. The van der Waals surface area contributed by atoms with E-state index in [2.05, 4.69) is 5.43 Å². The van der Waals surface area contributed by atoms with Gasteiger partial charge < -0.3 is 0 Å². The lowest BCUT2D eigenvalue weighted by atomic mass is 10.2. The molecule has 19 heavy (non-hydrogen) atoms. The average molecular weight is 293 g/mol. The molecule has 112 valence electrons. The molecule has 0 radical (unpaired) electrons. The van der Waals surface area contributed by atoms with Crippen LogP contribution in [0, 0.1) is 11.8 Å². The summed E-state index contributed by atoms with van der Waals surface area (Å²) in [6.45, 7) is 9.06. The quantitative estimate of drug-likeness (QED) is 0.409. The van der Waals surface area contributed by atoms with Crippen molar-refractivity contribution in [2.45, 2.75) is 27.7 Å². The molecule has 0 spiro atoms. The molecule has 0 aromatic carbocycles. The van der Waals surface area contributed by atoms with E-state index in [1.165, 1.54) is 10.0 Å². The molecule has 0 aromatic rings. The fourth-order valence-electron chi connectivity index (χ4n) is 1.55. The first-order valence-electron chi connectivity index (χ1n) is 6.41. The smallest absolute Gasteiger partial charge is 0.256 e. The second kappa shape index (κ2) is 9.12. The van der Waals surface area contributed by atoms with Gasteiger partial charge in [-0.3, -0.25) is 25.9 Å². The lowest BCUT2D eigenvalue weighted by Gasteiger charge is -2.27. The molecule has 2 amide bonds. The van der Waals surface area contributed by atoms with Crippen molar-refractivity contribution in [2.75, 3.05) is 25.5 Å². The van der Waals surface area contributed by atoms with E-state index in [9.17, 15) is 9.59 Å². The van der Waals surface area contributed by atoms with Gasteiger partial charge in [-0.05, 0) is 11.8 Å². The normalized spacial score (nSPS) is 11.2. The number of carbonyl (C=O) groups excluding carboxylic acids is 2. The van der Waals surface area contributed by atoms with Crippen LogP contribution in [0.5, 0.6) is 0 Å². The van der Waals surface area contributed by atoms with Crippen molar-refractivity contribution in [3.63, 3.8) is 0 Å². The standard InChI is InChI=1S/C12H25ClN4O2/c1-9(2)6-16(14)8-12(19)17(7-10(3)4)15-11(18)5-13/h9-10H,5-8,14H2,1-4H3,(H,15,18). The van der Waals surface area contributed by atoms with Crippen LogP contribution >= 0.6 is 11.6 Å². The van der Waals surface area contributed by atoms with E-state index in [1.54, 1.807) is 0 Å². The Morgan fingerprint density at radius 3 is 2.11 bits per heavy atom. The van der Waals surface area contributed by atoms with E-state index in [1.807, 2.05) is 27.7 Å². The lowest BCUT2D eigenvalue weighted by Crippen LogP contribution is -2.53. The van der Waals surface area contributed by atoms with Crippen LogP contribution in [0.3, 0.4) is 0 Å². The molecule has 0 saturated carbocycles. The van der Waals surface area contributed by atoms with Crippen molar-refractivity contribution in [1.29, 1.82) is 0 Å².